The number of thioether (sulfide) groups is 1. The Bertz CT molecular complexity index is 1910. The van der Waals surface area contributed by atoms with Gasteiger partial charge in [-0.15, -0.1) is 0 Å². The van der Waals surface area contributed by atoms with E-state index in [1.165, 1.54) is 0 Å². The van der Waals surface area contributed by atoms with Crippen LogP contribution in [0, 0.1) is 6.92 Å². The van der Waals surface area contributed by atoms with Gasteiger partial charge < -0.3 is 39.1 Å². The summed E-state index contributed by atoms with van der Waals surface area (Å²) in [5.74, 6) is -5.58. The van der Waals surface area contributed by atoms with Crippen molar-refractivity contribution in [1.82, 2.24) is 15.6 Å². The van der Waals surface area contributed by atoms with Crippen LogP contribution in [0.2, 0.25) is 0 Å². The van der Waals surface area contributed by atoms with Crippen molar-refractivity contribution >= 4 is 53.4 Å². The molecule has 1 aromatic heterocycles. The van der Waals surface area contributed by atoms with E-state index in [1.54, 1.807) is 48.8 Å². The Morgan fingerprint density at radius 2 is 1.54 bits per heavy atom. The van der Waals surface area contributed by atoms with Crippen molar-refractivity contribution in [3.63, 3.8) is 0 Å². The second-order valence-electron chi connectivity index (χ2n) is 13.1. The molecular weight excluding hydrogens is 763 g/mol. The molecule has 1 saturated heterocycles. The molecular formula is C40H45N3O13S. The molecule has 6 atom stereocenters. The van der Waals surface area contributed by atoms with Gasteiger partial charge in [0.2, 0.25) is 10.8 Å². The number of aryl methyl sites for hydroxylation is 1. The molecule has 0 aliphatic carbocycles. The van der Waals surface area contributed by atoms with Crippen LogP contribution < -0.4 is 10.6 Å². The van der Waals surface area contributed by atoms with Crippen LogP contribution in [0.1, 0.15) is 45.2 Å². The third kappa shape index (κ3) is 12.9. The zero-order chi connectivity index (χ0) is 41.7. The number of nitrogens with zero attached hydrogens (tertiary/aromatic N) is 1. The number of methoxy groups -OCH3 is 1. The van der Waals surface area contributed by atoms with E-state index in [9.17, 15) is 33.6 Å². The second kappa shape index (κ2) is 20.4. The first-order valence-electron chi connectivity index (χ1n) is 17.8. The Labute approximate surface area is 333 Å². The van der Waals surface area contributed by atoms with Gasteiger partial charge in [-0.3, -0.25) is 33.8 Å². The van der Waals surface area contributed by atoms with Crippen LogP contribution in [-0.4, -0.2) is 102 Å². The van der Waals surface area contributed by atoms with Gasteiger partial charge in [0.05, 0.1) is 26.1 Å². The number of amides is 2. The van der Waals surface area contributed by atoms with Crippen molar-refractivity contribution in [2.24, 2.45) is 0 Å². The van der Waals surface area contributed by atoms with Crippen LogP contribution in [-0.2, 0) is 68.4 Å². The molecule has 4 rings (SSSR count). The van der Waals surface area contributed by atoms with E-state index in [2.05, 4.69) is 15.6 Å². The maximum atomic E-state index is 13.8. The summed E-state index contributed by atoms with van der Waals surface area (Å²) in [6, 6.07) is 16.6. The molecule has 16 nitrogen and oxygen atoms in total. The fourth-order valence-corrected chi connectivity index (χ4v) is 7.33. The Morgan fingerprint density at radius 3 is 2.12 bits per heavy atom. The standard InChI is InChI=1S/C40H45N3O13S/c1-23-9-15-31(16-10-23)57-40(39(50)51-6)19-32(53-25(3)45)36(43-35(49)22-52-24(2)44)38(56-40)37(55-27(5)47)33(54-26(4)46)21-42-34(48)18-28-11-13-29(14-12-28)30-8-7-17-41-20-30/h7-17,20,32-33,36-38H,18-19,21-22H2,1-6H3,(H,42,48)(H,43,49)/t32-,33+,36+,37+,38+,40-/m0/s1. The molecule has 0 radical (unpaired) electrons. The van der Waals surface area contributed by atoms with E-state index in [4.69, 9.17) is 28.4 Å². The zero-order valence-corrected chi connectivity index (χ0v) is 33.1. The van der Waals surface area contributed by atoms with E-state index < -0.39 is 96.6 Å². The van der Waals surface area contributed by atoms with Crippen molar-refractivity contribution < 1.29 is 62.0 Å². The number of esters is 5. The Hall–Kier alpha value is -5.81. The highest BCUT2D eigenvalue weighted by molar-refractivity contribution is 8.01. The molecule has 2 aromatic carbocycles. The number of aromatic nitrogens is 1. The van der Waals surface area contributed by atoms with Gasteiger partial charge in [0, 0.05) is 51.4 Å². The summed E-state index contributed by atoms with van der Waals surface area (Å²) in [5, 5.41) is 5.33. The maximum absolute atomic E-state index is 13.8. The van der Waals surface area contributed by atoms with E-state index >= 15 is 0 Å². The Morgan fingerprint density at radius 1 is 0.860 bits per heavy atom. The van der Waals surface area contributed by atoms with Crippen molar-refractivity contribution in [2.75, 3.05) is 20.3 Å². The highest BCUT2D eigenvalue weighted by atomic mass is 32.2. The predicted octanol–water partition coefficient (Wildman–Crippen LogP) is 3.01. The van der Waals surface area contributed by atoms with Crippen LogP contribution in [0.25, 0.3) is 11.1 Å². The SMILES string of the molecule is COC(=O)[C@@]1(Sc2ccc(C)cc2)C[C@H](OC(C)=O)[C@@H](NC(=O)COC(C)=O)[C@H]([C@H](OC(C)=O)[C@@H](CNC(=O)Cc2ccc(-c3cccnc3)cc2)OC(C)=O)O1. The average Bonchev–Trinajstić information content (AvgIpc) is 3.16. The summed E-state index contributed by atoms with van der Waals surface area (Å²) in [5.41, 5.74) is 3.37. The van der Waals surface area contributed by atoms with E-state index in [-0.39, 0.29) is 6.42 Å². The predicted molar refractivity (Wildman–Crippen MR) is 203 cm³/mol. The summed E-state index contributed by atoms with van der Waals surface area (Å²) in [6.45, 7) is 5.05. The molecule has 0 unspecified atom stereocenters. The van der Waals surface area contributed by atoms with Crippen molar-refractivity contribution in [3.8, 4) is 11.1 Å². The van der Waals surface area contributed by atoms with E-state index in [0.717, 1.165) is 63.3 Å². The molecule has 1 aliphatic rings. The molecule has 0 spiro atoms. The first-order valence-corrected chi connectivity index (χ1v) is 18.6. The summed E-state index contributed by atoms with van der Waals surface area (Å²) in [6.07, 6.45) is -3.30. The second-order valence-corrected chi connectivity index (χ2v) is 14.4. The lowest BCUT2D eigenvalue weighted by molar-refractivity contribution is -0.221. The molecule has 0 bridgehead atoms. The molecule has 0 saturated carbocycles. The van der Waals surface area contributed by atoms with Crippen molar-refractivity contribution in [3.05, 3.63) is 84.2 Å². The minimum atomic E-state index is -2.02. The number of carbonyl (C=O) groups excluding carboxylic acids is 7. The lowest BCUT2D eigenvalue weighted by Gasteiger charge is -2.48. The van der Waals surface area contributed by atoms with Gasteiger partial charge in [0.15, 0.2) is 18.8 Å². The van der Waals surface area contributed by atoms with Gasteiger partial charge in [-0.2, -0.15) is 0 Å². The first kappa shape index (κ1) is 43.9. The molecule has 304 valence electrons. The molecule has 1 fully saturated rings. The summed E-state index contributed by atoms with van der Waals surface area (Å²) < 4.78 is 33.7. The summed E-state index contributed by atoms with van der Waals surface area (Å²) in [7, 11) is 1.12. The minimum Gasteiger partial charge on any atom is -0.466 e. The Balaban J connectivity index is 1.74. The van der Waals surface area contributed by atoms with Gasteiger partial charge in [0.25, 0.3) is 5.91 Å². The molecule has 3 aromatic rings. The van der Waals surface area contributed by atoms with Crippen LogP contribution in [0.3, 0.4) is 0 Å². The zero-order valence-electron chi connectivity index (χ0n) is 32.3. The number of ether oxygens (including phenoxy) is 6. The third-order valence-electron chi connectivity index (χ3n) is 8.53. The lowest BCUT2D eigenvalue weighted by Crippen LogP contribution is -2.68. The minimum absolute atomic E-state index is 0.0831. The quantitative estimate of drug-likeness (QED) is 0.157. The van der Waals surface area contributed by atoms with Gasteiger partial charge in [-0.05, 0) is 41.8 Å². The van der Waals surface area contributed by atoms with Crippen LogP contribution in [0.5, 0.6) is 0 Å². The maximum Gasteiger partial charge on any atom is 0.349 e. The average molecular weight is 808 g/mol. The number of pyridine rings is 1. The fourth-order valence-electron chi connectivity index (χ4n) is 6.10. The fraction of sp³-hybridized carbons (Fsp3) is 0.400. The number of nitrogens with one attached hydrogen (secondary N) is 2. The summed E-state index contributed by atoms with van der Waals surface area (Å²) >= 11 is 0.912. The van der Waals surface area contributed by atoms with Crippen LogP contribution in [0.15, 0.2) is 78.0 Å². The molecule has 57 heavy (non-hydrogen) atoms. The van der Waals surface area contributed by atoms with Crippen molar-refractivity contribution in [2.45, 2.75) is 87.7 Å². The largest absolute Gasteiger partial charge is 0.466 e. The number of carbonyl (C=O) groups is 7. The van der Waals surface area contributed by atoms with Crippen LogP contribution >= 0.6 is 11.8 Å². The molecule has 2 heterocycles. The number of hydrogen-bond donors (Lipinski definition) is 2. The highest BCUT2D eigenvalue weighted by Crippen LogP contribution is 2.46. The van der Waals surface area contributed by atoms with E-state index in [0.29, 0.717) is 10.5 Å². The first-order chi connectivity index (χ1) is 27.1. The highest BCUT2D eigenvalue weighted by Gasteiger charge is 2.59. The monoisotopic (exact) mass is 807 g/mol. The molecule has 2 N–H and O–H groups in total. The lowest BCUT2D eigenvalue weighted by atomic mass is 9.89. The van der Waals surface area contributed by atoms with Gasteiger partial charge >= 0.3 is 29.8 Å². The van der Waals surface area contributed by atoms with Crippen LogP contribution in [0.4, 0.5) is 0 Å². The van der Waals surface area contributed by atoms with Gasteiger partial charge in [-0.1, -0.05) is 59.8 Å². The topological polar surface area (TPSA) is 212 Å². The third-order valence-corrected chi connectivity index (χ3v) is 9.79. The Kier molecular flexibility index (Phi) is 15.7. The molecule has 2 amide bonds. The number of hydrogen-bond acceptors (Lipinski definition) is 15. The summed E-state index contributed by atoms with van der Waals surface area (Å²) in [4.78, 5) is 92.5. The molecule has 17 heteroatoms. The van der Waals surface area contributed by atoms with E-state index in [1.807, 2.05) is 31.2 Å². The number of rotatable bonds is 16. The number of benzene rings is 2. The van der Waals surface area contributed by atoms with Gasteiger partial charge in [-0.25, -0.2) is 4.79 Å². The normalized spacial score (nSPS) is 19.8. The molecule has 1 aliphatic heterocycles. The van der Waals surface area contributed by atoms with Gasteiger partial charge in [0.1, 0.15) is 12.2 Å². The smallest absolute Gasteiger partial charge is 0.349 e. The van der Waals surface area contributed by atoms with Crippen molar-refractivity contribution in [1.29, 1.82) is 0 Å².